The summed E-state index contributed by atoms with van der Waals surface area (Å²) in [7, 11) is -2.25. The van der Waals surface area contributed by atoms with Gasteiger partial charge >= 0.3 is 0 Å². The Kier molecular flexibility index (Phi) is 8.68. The Morgan fingerprint density at radius 1 is 0.973 bits per heavy atom. The first-order valence-corrected chi connectivity index (χ1v) is 14.7. The number of carbonyl (C=O) groups excluding carboxylic acids is 1. The van der Waals surface area contributed by atoms with Crippen molar-refractivity contribution in [1.29, 1.82) is 0 Å². The fourth-order valence-electron chi connectivity index (χ4n) is 4.55. The van der Waals surface area contributed by atoms with Gasteiger partial charge < -0.3 is 9.64 Å². The first-order valence-electron chi connectivity index (χ1n) is 11.7. The number of morpholine rings is 1. The highest BCUT2D eigenvalue weighted by Gasteiger charge is 2.34. The van der Waals surface area contributed by atoms with Gasteiger partial charge in [0.2, 0.25) is 10.0 Å². The van der Waals surface area contributed by atoms with Gasteiger partial charge in [-0.15, -0.1) is 0 Å². The standard InChI is InChI=1S/C27H27BrCl2N2O4S/c1-17-15-32(16-18(2)36-17)37(34,35)25-14-21(8-13-24(25)30)27(33)31(3)26(19-4-9-22(28)10-5-19)20-6-11-23(29)12-7-20/h4-14,17-18,26H,15-16H2,1-3H3. The summed E-state index contributed by atoms with van der Waals surface area (Å²) in [5.41, 5.74) is 1.97. The molecule has 1 fully saturated rings. The van der Waals surface area contributed by atoms with Gasteiger partial charge in [0.1, 0.15) is 4.90 Å². The van der Waals surface area contributed by atoms with Crippen molar-refractivity contribution in [3.63, 3.8) is 0 Å². The number of ether oxygens (including phenoxy) is 1. The maximum absolute atomic E-state index is 13.8. The zero-order chi connectivity index (χ0) is 26.9. The molecular formula is C27H27BrCl2N2O4S. The molecule has 0 aromatic heterocycles. The van der Waals surface area contributed by atoms with Gasteiger partial charge in [-0.25, -0.2) is 8.42 Å². The predicted molar refractivity (Wildman–Crippen MR) is 150 cm³/mol. The zero-order valence-corrected chi connectivity index (χ0v) is 24.5. The lowest BCUT2D eigenvalue weighted by Crippen LogP contribution is -2.48. The number of hydrogen-bond donors (Lipinski definition) is 0. The molecule has 0 saturated carbocycles. The van der Waals surface area contributed by atoms with Gasteiger partial charge in [0, 0.05) is 35.2 Å². The average molecular weight is 626 g/mol. The van der Waals surface area contributed by atoms with E-state index >= 15 is 0 Å². The van der Waals surface area contributed by atoms with Crippen LogP contribution in [0.1, 0.15) is 41.4 Å². The van der Waals surface area contributed by atoms with E-state index in [9.17, 15) is 13.2 Å². The fourth-order valence-corrected chi connectivity index (χ4v) is 7.03. The smallest absolute Gasteiger partial charge is 0.254 e. The molecule has 1 saturated heterocycles. The first kappa shape index (κ1) is 28.1. The third kappa shape index (κ3) is 6.21. The highest BCUT2D eigenvalue weighted by atomic mass is 79.9. The Balaban J connectivity index is 1.71. The van der Waals surface area contributed by atoms with Crippen molar-refractivity contribution in [2.75, 3.05) is 20.1 Å². The second-order valence-corrected chi connectivity index (χ2v) is 12.8. The van der Waals surface area contributed by atoms with Gasteiger partial charge in [0.25, 0.3) is 5.91 Å². The van der Waals surface area contributed by atoms with Crippen LogP contribution in [0, 0.1) is 0 Å². The lowest BCUT2D eigenvalue weighted by atomic mass is 9.97. The molecule has 0 aliphatic carbocycles. The largest absolute Gasteiger partial charge is 0.373 e. The van der Waals surface area contributed by atoms with Gasteiger partial charge in [-0.05, 0) is 67.4 Å². The van der Waals surface area contributed by atoms with E-state index < -0.39 is 16.1 Å². The zero-order valence-electron chi connectivity index (χ0n) is 20.6. The van der Waals surface area contributed by atoms with Crippen LogP contribution in [0.5, 0.6) is 0 Å². The summed E-state index contributed by atoms with van der Waals surface area (Å²) in [6.07, 6.45) is -0.501. The molecule has 1 heterocycles. The number of halogens is 3. The summed E-state index contributed by atoms with van der Waals surface area (Å²) in [6.45, 7) is 4.08. The highest BCUT2D eigenvalue weighted by molar-refractivity contribution is 9.10. The monoisotopic (exact) mass is 624 g/mol. The van der Waals surface area contributed by atoms with Crippen molar-refractivity contribution in [1.82, 2.24) is 9.21 Å². The van der Waals surface area contributed by atoms with Gasteiger partial charge in [-0.1, -0.05) is 63.4 Å². The van der Waals surface area contributed by atoms with Crippen LogP contribution in [-0.2, 0) is 14.8 Å². The Morgan fingerprint density at radius 3 is 2.08 bits per heavy atom. The SMILES string of the molecule is CC1CN(S(=O)(=O)c2cc(C(=O)N(C)C(c3ccc(Cl)cc3)c3ccc(Br)cc3)ccc2Cl)CC(C)O1. The van der Waals surface area contributed by atoms with E-state index in [1.165, 1.54) is 16.4 Å². The summed E-state index contributed by atoms with van der Waals surface area (Å²) in [6, 6.07) is 18.9. The van der Waals surface area contributed by atoms with E-state index in [-0.39, 0.29) is 46.7 Å². The van der Waals surface area contributed by atoms with Crippen LogP contribution in [0.25, 0.3) is 0 Å². The topological polar surface area (TPSA) is 66.9 Å². The highest BCUT2D eigenvalue weighted by Crippen LogP contribution is 2.33. The van der Waals surface area contributed by atoms with Crippen molar-refractivity contribution >= 4 is 55.1 Å². The summed E-state index contributed by atoms with van der Waals surface area (Å²) in [5.74, 6) is -0.348. The third-order valence-corrected chi connectivity index (χ3v) is 9.36. The minimum Gasteiger partial charge on any atom is -0.373 e. The second-order valence-electron chi connectivity index (χ2n) is 9.15. The fraction of sp³-hybridized carbons (Fsp3) is 0.296. The second kappa shape index (κ2) is 11.4. The third-order valence-electron chi connectivity index (χ3n) is 6.26. The van der Waals surface area contributed by atoms with Gasteiger partial charge in [-0.3, -0.25) is 4.79 Å². The molecule has 37 heavy (non-hydrogen) atoms. The maximum atomic E-state index is 13.8. The van der Waals surface area contributed by atoms with Gasteiger partial charge in [-0.2, -0.15) is 4.31 Å². The van der Waals surface area contributed by atoms with Crippen molar-refractivity contribution in [3.05, 3.63) is 97.9 Å². The molecule has 3 unspecified atom stereocenters. The van der Waals surface area contributed by atoms with Crippen LogP contribution in [0.15, 0.2) is 76.1 Å². The van der Waals surface area contributed by atoms with Gasteiger partial charge in [0.05, 0.1) is 23.3 Å². The van der Waals surface area contributed by atoms with Crippen LogP contribution >= 0.6 is 39.1 Å². The summed E-state index contributed by atoms with van der Waals surface area (Å²) < 4.78 is 35.0. The molecule has 10 heteroatoms. The molecule has 3 aromatic carbocycles. The first-order chi connectivity index (χ1) is 17.5. The number of sulfonamides is 1. The molecule has 0 bridgehead atoms. The van der Waals surface area contributed by atoms with E-state index in [1.54, 1.807) is 30.1 Å². The number of benzene rings is 3. The minimum absolute atomic E-state index is 0.0631. The number of rotatable bonds is 6. The van der Waals surface area contributed by atoms with Crippen molar-refractivity contribution in [3.8, 4) is 0 Å². The molecule has 3 aromatic rings. The Hall–Kier alpha value is -1.94. The van der Waals surface area contributed by atoms with Crippen LogP contribution in [0.3, 0.4) is 0 Å². The molecule has 4 rings (SSSR count). The van der Waals surface area contributed by atoms with E-state index in [1.807, 2.05) is 50.2 Å². The molecular weight excluding hydrogens is 599 g/mol. The molecule has 6 nitrogen and oxygen atoms in total. The Labute approximate surface area is 236 Å². The average Bonchev–Trinajstić information content (AvgIpc) is 2.85. The number of nitrogens with zero attached hydrogens (tertiary/aromatic N) is 2. The molecule has 0 radical (unpaired) electrons. The van der Waals surface area contributed by atoms with Crippen molar-refractivity contribution in [2.24, 2.45) is 0 Å². The quantitative estimate of drug-likeness (QED) is 0.317. The normalized spacial score (nSPS) is 19.4. The summed E-state index contributed by atoms with van der Waals surface area (Å²) in [5, 5.41) is 0.653. The van der Waals surface area contributed by atoms with Crippen LogP contribution in [-0.4, -0.2) is 55.9 Å². The Morgan fingerprint density at radius 2 is 1.51 bits per heavy atom. The summed E-state index contributed by atoms with van der Waals surface area (Å²) >= 11 is 15.9. The molecule has 3 atom stereocenters. The van der Waals surface area contributed by atoms with Crippen LogP contribution in [0.4, 0.5) is 0 Å². The van der Waals surface area contributed by atoms with Crippen LogP contribution in [0.2, 0.25) is 10.0 Å². The molecule has 1 amide bonds. The van der Waals surface area contributed by atoms with Gasteiger partial charge in [0.15, 0.2) is 0 Å². The van der Waals surface area contributed by atoms with E-state index in [0.717, 1.165) is 15.6 Å². The van der Waals surface area contributed by atoms with E-state index in [4.69, 9.17) is 27.9 Å². The Bertz CT molecular complexity index is 1330. The lowest BCUT2D eigenvalue weighted by Gasteiger charge is -2.34. The van der Waals surface area contributed by atoms with E-state index in [2.05, 4.69) is 15.9 Å². The van der Waals surface area contributed by atoms with Crippen molar-refractivity contribution < 1.29 is 17.9 Å². The number of hydrogen-bond acceptors (Lipinski definition) is 4. The minimum atomic E-state index is -3.94. The predicted octanol–water partition coefficient (Wildman–Crippen LogP) is 6.42. The number of amides is 1. The number of carbonyl (C=O) groups is 1. The van der Waals surface area contributed by atoms with Crippen LogP contribution < -0.4 is 0 Å². The lowest BCUT2D eigenvalue weighted by molar-refractivity contribution is -0.0440. The maximum Gasteiger partial charge on any atom is 0.254 e. The summed E-state index contributed by atoms with van der Waals surface area (Å²) in [4.78, 5) is 15.2. The molecule has 0 spiro atoms. The van der Waals surface area contributed by atoms with E-state index in [0.29, 0.717) is 5.02 Å². The molecule has 196 valence electrons. The van der Waals surface area contributed by atoms with Crippen molar-refractivity contribution in [2.45, 2.75) is 37.0 Å². The molecule has 1 aliphatic rings. The molecule has 0 N–H and O–H groups in total. The molecule has 1 aliphatic heterocycles.